The van der Waals surface area contributed by atoms with Crippen molar-refractivity contribution >= 4 is 17.7 Å². The zero-order chi connectivity index (χ0) is 16.9. The summed E-state index contributed by atoms with van der Waals surface area (Å²) in [5.41, 5.74) is 0.742. The highest BCUT2D eigenvalue weighted by Crippen LogP contribution is 2.23. The molecule has 0 radical (unpaired) electrons. The quantitative estimate of drug-likeness (QED) is 0.827. The van der Waals surface area contributed by atoms with E-state index in [-0.39, 0.29) is 11.2 Å². The molecule has 0 spiro atoms. The predicted molar refractivity (Wildman–Crippen MR) is 93.6 cm³/mol. The molecule has 0 aromatic carbocycles. The molecule has 7 nitrogen and oxygen atoms in total. The maximum Gasteiger partial charge on any atom is 0.235 e. The van der Waals surface area contributed by atoms with E-state index in [4.69, 9.17) is 0 Å². The van der Waals surface area contributed by atoms with E-state index in [0.29, 0.717) is 11.0 Å². The standard InChI is InChI=1S/C16H22N6OS/c1-3-21-8-10-22(11-9-21)15(23)12(2)24-16-18-14(19-20-16)13-6-4-5-7-17-13/h4-7,12H,3,8-11H2,1-2H3,(H,18,19,20)/t12-/m0/s1. The average Bonchev–Trinajstić information content (AvgIpc) is 3.10. The Labute approximate surface area is 145 Å². The SMILES string of the molecule is CCN1CCN(C(=O)[C@H](C)Sc2n[nH]c(-c3ccccn3)n2)CC1. The van der Waals surface area contributed by atoms with Crippen LogP contribution in [-0.2, 0) is 4.79 Å². The number of nitrogens with zero attached hydrogens (tertiary/aromatic N) is 5. The van der Waals surface area contributed by atoms with Crippen LogP contribution in [0.3, 0.4) is 0 Å². The molecule has 2 aromatic rings. The smallest absolute Gasteiger partial charge is 0.235 e. The molecule has 3 rings (SSSR count). The van der Waals surface area contributed by atoms with E-state index in [2.05, 4.69) is 32.0 Å². The van der Waals surface area contributed by atoms with Crippen molar-refractivity contribution < 1.29 is 4.79 Å². The van der Waals surface area contributed by atoms with Gasteiger partial charge in [-0.25, -0.2) is 0 Å². The number of aromatic amines is 1. The summed E-state index contributed by atoms with van der Waals surface area (Å²) in [6.45, 7) is 8.60. The van der Waals surface area contributed by atoms with Crippen LogP contribution in [-0.4, -0.2) is 73.8 Å². The largest absolute Gasteiger partial charge is 0.339 e. The van der Waals surface area contributed by atoms with Gasteiger partial charge in [0.2, 0.25) is 11.1 Å². The molecule has 0 saturated carbocycles. The Morgan fingerprint density at radius 3 is 2.79 bits per heavy atom. The molecular formula is C16H22N6OS. The molecule has 1 amide bonds. The van der Waals surface area contributed by atoms with Gasteiger partial charge in [-0.15, -0.1) is 5.10 Å². The Morgan fingerprint density at radius 2 is 2.12 bits per heavy atom. The van der Waals surface area contributed by atoms with E-state index in [9.17, 15) is 4.79 Å². The normalized spacial score (nSPS) is 17.0. The Hall–Kier alpha value is -1.93. The minimum Gasteiger partial charge on any atom is -0.339 e. The number of amides is 1. The highest BCUT2D eigenvalue weighted by molar-refractivity contribution is 8.00. The van der Waals surface area contributed by atoms with Crippen molar-refractivity contribution in [2.24, 2.45) is 0 Å². The fourth-order valence-electron chi connectivity index (χ4n) is 2.67. The van der Waals surface area contributed by atoms with E-state index in [1.165, 1.54) is 11.8 Å². The fourth-order valence-corrected chi connectivity index (χ4v) is 3.48. The molecule has 0 aliphatic carbocycles. The average molecular weight is 346 g/mol. The third-order valence-electron chi connectivity index (χ3n) is 4.13. The van der Waals surface area contributed by atoms with Crippen LogP contribution in [0.1, 0.15) is 13.8 Å². The summed E-state index contributed by atoms with van der Waals surface area (Å²) in [6, 6.07) is 5.63. The molecule has 1 N–H and O–H groups in total. The number of pyridine rings is 1. The first-order valence-corrected chi connectivity index (χ1v) is 9.07. The third-order valence-corrected chi connectivity index (χ3v) is 5.08. The maximum absolute atomic E-state index is 12.6. The zero-order valence-electron chi connectivity index (χ0n) is 14.0. The molecule has 1 atom stereocenters. The van der Waals surface area contributed by atoms with Gasteiger partial charge in [-0.3, -0.25) is 14.9 Å². The zero-order valence-corrected chi connectivity index (χ0v) is 14.8. The second kappa shape index (κ2) is 7.76. The molecular weight excluding hydrogens is 324 g/mol. The second-order valence-electron chi connectivity index (χ2n) is 5.70. The lowest BCUT2D eigenvalue weighted by atomic mass is 10.3. The van der Waals surface area contributed by atoms with Gasteiger partial charge in [-0.1, -0.05) is 24.8 Å². The van der Waals surface area contributed by atoms with Crippen LogP contribution in [0.2, 0.25) is 0 Å². The number of carbonyl (C=O) groups is 1. The van der Waals surface area contributed by atoms with Crippen molar-refractivity contribution in [3.05, 3.63) is 24.4 Å². The molecule has 0 bridgehead atoms. The van der Waals surface area contributed by atoms with Crippen LogP contribution < -0.4 is 0 Å². The molecule has 24 heavy (non-hydrogen) atoms. The number of nitrogens with one attached hydrogen (secondary N) is 1. The first kappa shape index (κ1) is 16.9. The van der Waals surface area contributed by atoms with Crippen molar-refractivity contribution in [2.75, 3.05) is 32.7 Å². The molecule has 1 aliphatic heterocycles. The van der Waals surface area contributed by atoms with E-state index in [0.717, 1.165) is 38.4 Å². The summed E-state index contributed by atoms with van der Waals surface area (Å²) < 4.78 is 0. The highest BCUT2D eigenvalue weighted by Gasteiger charge is 2.26. The molecule has 128 valence electrons. The van der Waals surface area contributed by atoms with Crippen molar-refractivity contribution in [3.8, 4) is 11.5 Å². The van der Waals surface area contributed by atoms with Gasteiger partial charge >= 0.3 is 0 Å². The Bertz CT molecular complexity index is 668. The minimum atomic E-state index is -0.203. The number of hydrogen-bond donors (Lipinski definition) is 1. The van der Waals surface area contributed by atoms with Gasteiger partial charge in [0.15, 0.2) is 5.82 Å². The summed E-state index contributed by atoms with van der Waals surface area (Å²) in [5.74, 6) is 0.772. The number of piperazine rings is 1. The van der Waals surface area contributed by atoms with Gasteiger partial charge in [-0.2, -0.15) is 4.98 Å². The summed E-state index contributed by atoms with van der Waals surface area (Å²) in [4.78, 5) is 25.6. The number of rotatable bonds is 5. The van der Waals surface area contributed by atoms with Crippen molar-refractivity contribution in [1.82, 2.24) is 30.0 Å². The summed E-state index contributed by atoms with van der Waals surface area (Å²) in [5, 5.41) is 7.45. The van der Waals surface area contributed by atoms with Gasteiger partial charge in [0.1, 0.15) is 5.69 Å². The number of H-pyrrole nitrogens is 1. The number of likely N-dealkylation sites (N-methyl/N-ethyl adjacent to an activating group) is 1. The van der Waals surface area contributed by atoms with Crippen LogP contribution >= 0.6 is 11.8 Å². The summed E-state index contributed by atoms with van der Waals surface area (Å²) in [7, 11) is 0. The molecule has 2 aromatic heterocycles. The van der Waals surface area contributed by atoms with Gasteiger partial charge in [-0.05, 0) is 25.6 Å². The number of thioether (sulfide) groups is 1. The minimum absolute atomic E-state index is 0.153. The third kappa shape index (κ3) is 3.93. The predicted octanol–water partition coefficient (Wildman–Crippen LogP) is 1.51. The molecule has 0 unspecified atom stereocenters. The van der Waals surface area contributed by atoms with E-state index < -0.39 is 0 Å². The topological polar surface area (TPSA) is 78.0 Å². The van der Waals surface area contributed by atoms with E-state index in [1.54, 1.807) is 6.20 Å². The molecule has 1 saturated heterocycles. The Balaban J connectivity index is 1.58. The number of hydrogen-bond acceptors (Lipinski definition) is 6. The first-order valence-electron chi connectivity index (χ1n) is 8.19. The van der Waals surface area contributed by atoms with Crippen LogP contribution in [0.4, 0.5) is 0 Å². The van der Waals surface area contributed by atoms with Gasteiger partial charge < -0.3 is 9.80 Å². The number of aromatic nitrogens is 4. The second-order valence-corrected chi connectivity index (χ2v) is 7.01. The maximum atomic E-state index is 12.6. The van der Waals surface area contributed by atoms with Crippen molar-refractivity contribution in [3.63, 3.8) is 0 Å². The van der Waals surface area contributed by atoms with Crippen LogP contribution in [0.25, 0.3) is 11.5 Å². The highest BCUT2D eigenvalue weighted by atomic mass is 32.2. The van der Waals surface area contributed by atoms with Crippen LogP contribution in [0.5, 0.6) is 0 Å². The lowest BCUT2D eigenvalue weighted by Gasteiger charge is -2.35. The van der Waals surface area contributed by atoms with Crippen LogP contribution in [0.15, 0.2) is 29.6 Å². The van der Waals surface area contributed by atoms with E-state index >= 15 is 0 Å². The Kier molecular flexibility index (Phi) is 5.47. The van der Waals surface area contributed by atoms with Gasteiger partial charge in [0.25, 0.3) is 0 Å². The van der Waals surface area contributed by atoms with Crippen LogP contribution in [0, 0.1) is 0 Å². The summed E-state index contributed by atoms with van der Waals surface area (Å²) in [6.07, 6.45) is 1.72. The monoisotopic (exact) mass is 346 g/mol. The Morgan fingerprint density at radius 1 is 1.33 bits per heavy atom. The van der Waals surface area contributed by atoms with Crippen molar-refractivity contribution in [1.29, 1.82) is 0 Å². The van der Waals surface area contributed by atoms with Gasteiger partial charge in [0.05, 0.1) is 5.25 Å². The molecule has 1 fully saturated rings. The molecule has 1 aliphatic rings. The fraction of sp³-hybridized carbons (Fsp3) is 0.500. The lowest BCUT2D eigenvalue weighted by molar-refractivity contribution is -0.132. The molecule has 8 heteroatoms. The lowest BCUT2D eigenvalue weighted by Crippen LogP contribution is -2.50. The molecule has 3 heterocycles. The van der Waals surface area contributed by atoms with Crippen molar-refractivity contribution in [2.45, 2.75) is 24.3 Å². The number of carbonyl (C=O) groups excluding carboxylic acids is 1. The van der Waals surface area contributed by atoms with Gasteiger partial charge in [0, 0.05) is 32.4 Å². The summed E-state index contributed by atoms with van der Waals surface area (Å²) >= 11 is 1.38. The first-order chi connectivity index (χ1) is 11.7. The van der Waals surface area contributed by atoms with E-state index in [1.807, 2.05) is 30.0 Å².